The van der Waals surface area contributed by atoms with E-state index in [0.717, 1.165) is 42.4 Å². The standard InChI is InChI=1S/C19H23N3O2S/c1-25-16-6-4-5-15(13-16)20-19(24)14-21-9-11-22(12-10-21)17-7-2-3-8-18(17)23/h2-8,13,23H,9-12,14H2,1H3,(H,20,24). The van der Waals surface area contributed by atoms with Gasteiger partial charge in [0.05, 0.1) is 12.2 Å². The zero-order chi connectivity index (χ0) is 17.6. The van der Waals surface area contributed by atoms with Crippen molar-refractivity contribution in [3.8, 4) is 5.75 Å². The van der Waals surface area contributed by atoms with Gasteiger partial charge in [-0.25, -0.2) is 0 Å². The van der Waals surface area contributed by atoms with Crippen molar-refractivity contribution in [3.05, 3.63) is 48.5 Å². The van der Waals surface area contributed by atoms with Crippen LogP contribution in [0.4, 0.5) is 11.4 Å². The van der Waals surface area contributed by atoms with Crippen molar-refractivity contribution < 1.29 is 9.90 Å². The highest BCUT2D eigenvalue weighted by molar-refractivity contribution is 7.98. The summed E-state index contributed by atoms with van der Waals surface area (Å²) in [6.07, 6.45) is 2.02. The molecule has 25 heavy (non-hydrogen) atoms. The third-order valence-corrected chi connectivity index (χ3v) is 5.04. The molecule has 0 aromatic heterocycles. The molecule has 0 radical (unpaired) electrons. The molecule has 1 fully saturated rings. The summed E-state index contributed by atoms with van der Waals surface area (Å²) >= 11 is 1.66. The van der Waals surface area contributed by atoms with Crippen LogP contribution in [0.2, 0.25) is 0 Å². The SMILES string of the molecule is CSc1cccc(NC(=O)CN2CCN(c3ccccc3O)CC2)c1. The van der Waals surface area contributed by atoms with Crippen LogP contribution in [0.5, 0.6) is 5.75 Å². The van der Waals surface area contributed by atoms with E-state index < -0.39 is 0 Å². The molecule has 5 nitrogen and oxygen atoms in total. The topological polar surface area (TPSA) is 55.8 Å². The van der Waals surface area contributed by atoms with Gasteiger partial charge in [0.2, 0.25) is 5.91 Å². The van der Waals surface area contributed by atoms with Crippen LogP contribution in [-0.2, 0) is 4.79 Å². The lowest BCUT2D eigenvalue weighted by Gasteiger charge is -2.35. The maximum Gasteiger partial charge on any atom is 0.238 e. The lowest BCUT2D eigenvalue weighted by molar-refractivity contribution is -0.117. The fourth-order valence-corrected chi connectivity index (χ4v) is 3.44. The summed E-state index contributed by atoms with van der Waals surface area (Å²) in [4.78, 5) is 17.7. The fraction of sp³-hybridized carbons (Fsp3) is 0.316. The minimum absolute atomic E-state index is 0.00858. The van der Waals surface area contributed by atoms with Crippen molar-refractivity contribution in [2.24, 2.45) is 0 Å². The van der Waals surface area contributed by atoms with E-state index in [4.69, 9.17) is 0 Å². The molecule has 0 unspecified atom stereocenters. The van der Waals surface area contributed by atoms with Crippen molar-refractivity contribution in [1.82, 2.24) is 4.90 Å². The molecule has 0 atom stereocenters. The number of carbonyl (C=O) groups is 1. The predicted octanol–water partition coefficient (Wildman–Crippen LogP) is 2.87. The molecule has 1 amide bonds. The molecule has 1 heterocycles. The molecule has 0 saturated carbocycles. The smallest absolute Gasteiger partial charge is 0.238 e. The summed E-state index contributed by atoms with van der Waals surface area (Å²) in [6.45, 7) is 3.58. The van der Waals surface area contributed by atoms with Gasteiger partial charge < -0.3 is 15.3 Å². The average Bonchev–Trinajstić information content (AvgIpc) is 2.63. The fourth-order valence-electron chi connectivity index (χ4n) is 2.98. The number of thioether (sulfide) groups is 1. The van der Waals surface area contributed by atoms with E-state index in [1.165, 1.54) is 0 Å². The molecule has 0 aliphatic carbocycles. The molecule has 2 aromatic carbocycles. The number of hydrogen-bond acceptors (Lipinski definition) is 5. The molecule has 1 aliphatic rings. The van der Waals surface area contributed by atoms with Gasteiger partial charge in [-0.15, -0.1) is 11.8 Å². The lowest BCUT2D eigenvalue weighted by atomic mass is 10.2. The highest BCUT2D eigenvalue weighted by Crippen LogP contribution is 2.27. The van der Waals surface area contributed by atoms with E-state index in [1.807, 2.05) is 48.7 Å². The second-order valence-electron chi connectivity index (χ2n) is 6.03. The minimum atomic E-state index is 0.00858. The monoisotopic (exact) mass is 357 g/mol. The number of nitrogens with one attached hydrogen (secondary N) is 1. The summed E-state index contributed by atoms with van der Waals surface area (Å²) in [6, 6.07) is 15.3. The van der Waals surface area contributed by atoms with Crippen molar-refractivity contribution in [2.75, 3.05) is 49.2 Å². The molecule has 0 bridgehead atoms. The number of hydrogen-bond donors (Lipinski definition) is 2. The summed E-state index contributed by atoms with van der Waals surface area (Å²) in [5.74, 6) is 0.316. The Hall–Kier alpha value is -2.18. The largest absolute Gasteiger partial charge is 0.506 e. The highest BCUT2D eigenvalue weighted by atomic mass is 32.2. The summed E-state index contributed by atoms with van der Waals surface area (Å²) in [7, 11) is 0. The number of nitrogens with zero attached hydrogens (tertiary/aromatic N) is 2. The molecule has 2 aromatic rings. The number of para-hydroxylation sites is 2. The zero-order valence-corrected chi connectivity index (χ0v) is 15.1. The van der Waals surface area contributed by atoms with Crippen LogP contribution in [0.3, 0.4) is 0 Å². The zero-order valence-electron chi connectivity index (χ0n) is 14.3. The van der Waals surface area contributed by atoms with Crippen molar-refractivity contribution >= 4 is 29.0 Å². The number of phenolic OH excluding ortho intramolecular Hbond substituents is 1. The summed E-state index contributed by atoms with van der Waals surface area (Å²) in [5, 5.41) is 12.9. The Morgan fingerprint density at radius 1 is 1.12 bits per heavy atom. The van der Waals surface area contributed by atoms with Gasteiger partial charge in [0.25, 0.3) is 0 Å². The van der Waals surface area contributed by atoms with Crippen molar-refractivity contribution in [3.63, 3.8) is 0 Å². The van der Waals surface area contributed by atoms with Gasteiger partial charge in [-0.2, -0.15) is 0 Å². The van der Waals surface area contributed by atoms with Gasteiger partial charge >= 0.3 is 0 Å². The molecule has 1 saturated heterocycles. The van der Waals surface area contributed by atoms with E-state index >= 15 is 0 Å². The second kappa shape index (κ2) is 8.27. The quantitative estimate of drug-likeness (QED) is 0.806. The maximum absolute atomic E-state index is 12.3. The number of aromatic hydroxyl groups is 1. The average molecular weight is 357 g/mol. The van der Waals surface area contributed by atoms with Gasteiger partial charge in [-0.3, -0.25) is 9.69 Å². The first-order valence-corrected chi connectivity index (χ1v) is 9.57. The van der Waals surface area contributed by atoms with Crippen molar-refractivity contribution in [2.45, 2.75) is 4.90 Å². The van der Waals surface area contributed by atoms with Crippen LogP contribution >= 0.6 is 11.8 Å². The molecule has 1 aliphatic heterocycles. The summed E-state index contributed by atoms with van der Waals surface area (Å²) in [5.41, 5.74) is 1.70. The van der Waals surface area contributed by atoms with Gasteiger partial charge in [-0.1, -0.05) is 18.2 Å². The maximum atomic E-state index is 12.3. The van der Waals surface area contributed by atoms with Crippen LogP contribution in [0.15, 0.2) is 53.4 Å². The highest BCUT2D eigenvalue weighted by Gasteiger charge is 2.20. The predicted molar refractivity (Wildman–Crippen MR) is 104 cm³/mol. The minimum Gasteiger partial charge on any atom is -0.506 e. The van der Waals surface area contributed by atoms with Crippen molar-refractivity contribution in [1.29, 1.82) is 0 Å². The van der Waals surface area contributed by atoms with E-state index in [0.29, 0.717) is 12.3 Å². The Kier molecular flexibility index (Phi) is 5.83. The second-order valence-corrected chi connectivity index (χ2v) is 6.91. The van der Waals surface area contributed by atoms with Crippen LogP contribution in [-0.4, -0.2) is 54.9 Å². The van der Waals surface area contributed by atoms with Crippen LogP contribution in [0.1, 0.15) is 0 Å². The molecule has 0 spiro atoms. The third-order valence-electron chi connectivity index (χ3n) is 4.32. The number of benzene rings is 2. The molecular weight excluding hydrogens is 334 g/mol. The Morgan fingerprint density at radius 3 is 2.60 bits per heavy atom. The Labute approximate surface area is 152 Å². The number of amides is 1. The van der Waals surface area contributed by atoms with Gasteiger partial charge in [0.15, 0.2) is 0 Å². The number of rotatable bonds is 5. The number of phenols is 1. The Balaban J connectivity index is 1.50. The normalized spacial score (nSPS) is 15.2. The van der Waals surface area contributed by atoms with Gasteiger partial charge in [0.1, 0.15) is 5.75 Å². The first-order chi connectivity index (χ1) is 12.2. The van der Waals surface area contributed by atoms with Gasteiger partial charge in [0, 0.05) is 36.8 Å². The summed E-state index contributed by atoms with van der Waals surface area (Å²) < 4.78 is 0. The number of piperazine rings is 1. The first kappa shape index (κ1) is 17.6. The molecular formula is C19H23N3O2S. The Bertz CT molecular complexity index is 730. The van der Waals surface area contributed by atoms with Crippen LogP contribution in [0, 0.1) is 0 Å². The lowest BCUT2D eigenvalue weighted by Crippen LogP contribution is -2.48. The van der Waals surface area contributed by atoms with E-state index in [-0.39, 0.29) is 5.91 Å². The first-order valence-electron chi connectivity index (χ1n) is 8.35. The van der Waals surface area contributed by atoms with Gasteiger partial charge in [-0.05, 0) is 36.6 Å². The molecule has 132 valence electrons. The number of anilines is 2. The Morgan fingerprint density at radius 2 is 1.88 bits per heavy atom. The molecule has 3 rings (SSSR count). The van der Waals surface area contributed by atoms with E-state index in [2.05, 4.69) is 15.1 Å². The van der Waals surface area contributed by atoms with E-state index in [1.54, 1.807) is 17.8 Å². The third kappa shape index (κ3) is 4.67. The van der Waals surface area contributed by atoms with E-state index in [9.17, 15) is 9.90 Å². The van der Waals surface area contributed by atoms with Crippen LogP contribution in [0.25, 0.3) is 0 Å². The molecule has 6 heteroatoms. The molecule has 2 N–H and O–H groups in total. The number of carbonyl (C=O) groups excluding carboxylic acids is 1. The van der Waals surface area contributed by atoms with Crippen LogP contribution < -0.4 is 10.2 Å².